The molecule has 1 fully saturated rings. The number of hydrogen-bond acceptors (Lipinski definition) is 7. The van der Waals surface area contributed by atoms with Crippen molar-refractivity contribution in [2.45, 2.75) is 6.54 Å². The summed E-state index contributed by atoms with van der Waals surface area (Å²) in [5.74, 6) is 0.643. The van der Waals surface area contributed by atoms with Gasteiger partial charge in [-0.15, -0.1) is 11.3 Å². The molecule has 0 radical (unpaired) electrons. The Kier molecular flexibility index (Phi) is 4.86. The Morgan fingerprint density at radius 2 is 1.85 bits per heavy atom. The molecule has 1 aromatic carbocycles. The largest absolute Gasteiger partial charge is 0.338 e. The van der Waals surface area contributed by atoms with Crippen LogP contribution in [0.3, 0.4) is 0 Å². The normalized spacial score (nSPS) is 15.0. The van der Waals surface area contributed by atoms with Gasteiger partial charge in [0, 0.05) is 43.3 Å². The fraction of sp³-hybridized carbons (Fsp3) is 0.263. The summed E-state index contributed by atoms with van der Waals surface area (Å²) in [4.78, 5) is 17.9. The van der Waals surface area contributed by atoms with Crippen LogP contribution < -0.4 is 4.90 Å². The number of aromatic nitrogens is 3. The zero-order valence-electron chi connectivity index (χ0n) is 14.2. The minimum atomic E-state index is 0.411. The van der Waals surface area contributed by atoms with E-state index < -0.39 is 0 Å². The second kappa shape index (κ2) is 7.60. The van der Waals surface area contributed by atoms with Crippen LogP contribution in [0.2, 0.25) is 0 Å². The lowest BCUT2D eigenvalue weighted by molar-refractivity contribution is 0.248. The molecule has 0 N–H and O–H groups in total. The van der Waals surface area contributed by atoms with E-state index in [0.717, 1.165) is 49.0 Å². The van der Waals surface area contributed by atoms with Crippen molar-refractivity contribution in [3.05, 3.63) is 58.7 Å². The summed E-state index contributed by atoms with van der Waals surface area (Å²) in [6, 6.07) is 14.0. The molecule has 130 valence electrons. The van der Waals surface area contributed by atoms with Gasteiger partial charge in [-0.3, -0.25) is 4.90 Å². The van der Waals surface area contributed by atoms with Crippen LogP contribution in [0.15, 0.2) is 48.0 Å². The average Bonchev–Trinajstić information content (AvgIpc) is 3.18. The fourth-order valence-corrected chi connectivity index (χ4v) is 3.83. The number of piperazine rings is 1. The van der Waals surface area contributed by atoms with Crippen LogP contribution in [0.1, 0.15) is 10.7 Å². The zero-order valence-corrected chi connectivity index (χ0v) is 15.1. The summed E-state index contributed by atoms with van der Waals surface area (Å²) >= 11 is 1.71. The van der Waals surface area contributed by atoms with E-state index in [1.54, 1.807) is 23.6 Å². The molecule has 0 saturated carbocycles. The number of rotatable bonds is 4. The molecule has 1 aliphatic heterocycles. The van der Waals surface area contributed by atoms with Crippen LogP contribution in [-0.2, 0) is 6.54 Å². The van der Waals surface area contributed by atoms with Crippen molar-refractivity contribution in [1.29, 1.82) is 5.26 Å². The predicted molar refractivity (Wildman–Crippen MR) is 102 cm³/mol. The van der Waals surface area contributed by atoms with E-state index in [0.29, 0.717) is 11.6 Å². The first kappa shape index (κ1) is 16.6. The molecule has 7 heteroatoms. The van der Waals surface area contributed by atoms with Gasteiger partial charge in [0.1, 0.15) is 16.8 Å². The summed E-state index contributed by atoms with van der Waals surface area (Å²) < 4.78 is 0. The lowest BCUT2D eigenvalue weighted by Gasteiger charge is -2.34. The smallest absolute Gasteiger partial charge is 0.226 e. The summed E-state index contributed by atoms with van der Waals surface area (Å²) in [5.41, 5.74) is 2.62. The van der Waals surface area contributed by atoms with E-state index in [4.69, 9.17) is 10.2 Å². The Morgan fingerprint density at radius 3 is 2.62 bits per heavy atom. The molecule has 1 aliphatic rings. The average molecular weight is 362 g/mol. The summed E-state index contributed by atoms with van der Waals surface area (Å²) in [5, 5.41) is 12.2. The van der Waals surface area contributed by atoms with Gasteiger partial charge in [-0.2, -0.15) is 5.26 Å². The number of benzene rings is 1. The van der Waals surface area contributed by atoms with Crippen LogP contribution in [0.5, 0.6) is 0 Å². The first-order valence-corrected chi connectivity index (χ1v) is 9.40. The molecule has 0 aliphatic carbocycles. The molecule has 0 amide bonds. The first-order valence-electron chi connectivity index (χ1n) is 8.52. The second-order valence-corrected chi connectivity index (χ2v) is 7.05. The predicted octanol–water partition coefficient (Wildman–Crippen LogP) is 2.79. The maximum atomic E-state index is 8.98. The third-order valence-electron chi connectivity index (χ3n) is 4.39. The van der Waals surface area contributed by atoms with E-state index in [9.17, 15) is 0 Å². The molecule has 3 aromatic rings. The maximum absolute atomic E-state index is 8.98. The van der Waals surface area contributed by atoms with E-state index in [2.05, 4.69) is 43.3 Å². The highest BCUT2D eigenvalue weighted by Crippen LogP contribution is 2.23. The van der Waals surface area contributed by atoms with Gasteiger partial charge in [0.05, 0.1) is 12.2 Å². The van der Waals surface area contributed by atoms with Crippen molar-refractivity contribution in [3.63, 3.8) is 0 Å². The van der Waals surface area contributed by atoms with Crippen LogP contribution in [0.25, 0.3) is 11.3 Å². The molecular weight excluding hydrogens is 344 g/mol. The Hall–Kier alpha value is -2.82. The third kappa shape index (κ3) is 3.72. The molecule has 4 rings (SSSR count). The van der Waals surface area contributed by atoms with Gasteiger partial charge in [-0.05, 0) is 6.07 Å². The Morgan fingerprint density at radius 1 is 1.04 bits per heavy atom. The summed E-state index contributed by atoms with van der Waals surface area (Å²) in [6.07, 6.45) is 1.65. The molecule has 6 nitrogen and oxygen atoms in total. The molecule has 0 bridgehead atoms. The minimum Gasteiger partial charge on any atom is -0.338 e. The van der Waals surface area contributed by atoms with Crippen LogP contribution in [0, 0.1) is 11.3 Å². The van der Waals surface area contributed by atoms with Crippen molar-refractivity contribution in [1.82, 2.24) is 19.9 Å². The van der Waals surface area contributed by atoms with Crippen molar-refractivity contribution in [3.8, 4) is 17.3 Å². The van der Waals surface area contributed by atoms with E-state index in [1.165, 1.54) is 0 Å². The van der Waals surface area contributed by atoms with Gasteiger partial charge < -0.3 is 4.90 Å². The topological polar surface area (TPSA) is 68.9 Å². The fourth-order valence-electron chi connectivity index (χ4n) is 2.99. The Balaban J connectivity index is 1.36. The Bertz CT molecular complexity index is 909. The number of hydrogen-bond donors (Lipinski definition) is 0. The van der Waals surface area contributed by atoms with Crippen LogP contribution in [0.4, 0.5) is 5.95 Å². The van der Waals surface area contributed by atoms with Gasteiger partial charge >= 0.3 is 0 Å². The standard InChI is InChI=1S/C19H18N6S/c20-12-16-6-7-21-19(22-16)25-10-8-24(9-11-25)13-18-23-17(14-26-18)15-4-2-1-3-5-15/h1-7,14H,8-11,13H2. The highest BCUT2D eigenvalue weighted by Gasteiger charge is 2.20. The van der Waals surface area contributed by atoms with E-state index >= 15 is 0 Å². The summed E-state index contributed by atoms with van der Waals surface area (Å²) in [7, 11) is 0. The molecule has 0 spiro atoms. The molecule has 3 heterocycles. The van der Waals surface area contributed by atoms with Crippen molar-refractivity contribution in [2.24, 2.45) is 0 Å². The minimum absolute atomic E-state index is 0.411. The number of thiazole rings is 1. The molecule has 1 saturated heterocycles. The number of anilines is 1. The molecule has 26 heavy (non-hydrogen) atoms. The number of nitrogens with zero attached hydrogens (tertiary/aromatic N) is 6. The molecular formula is C19H18N6S. The van der Waals surface area contributed by atoms with E-state index in [-0.39, 0.29) is 0 Å². The van der Waals surface area contributed by atoms with E-state index in [1.807, 2.05) is 18.2 Å². The lowest BCUT2D eigenvalue weighted by Crippen LogP contribution is -2.46. The van der Waals surface area contributed by atoms with Gasteiger partial charge in [0.25, 0.3) is 0 Å². The SMILES string of the molecule is N#Cc1ccnc(N2CCN(Cc3nc(-c4ccccc4)cs3)CC2)n1. The van der Waals surface area contributed by atoms with Gasteiger partial charge in [-0.25, -0.2) is 15.0 Å². The number of nitriles is 1. The molecule has 0 unspecified atom stereocenters. The van der Waals surface area contributed by atoms with Crippen LogP contribution in [-0.4, -0.2) is 46.0 Å². The zero-order chi connectivity index (χ0) is 17.8. The Labute approximate surface area is 156 Å². The van der Waals surface area contributed by atoms with Crippen molar-refractivity contribution in [2.75, 3.05) is 31.1 Å². The monoisotopic (exact) mass is 362 g/mol. The second-order valence-electron chi connectivity index (χ2n) is 6.11. The van der Waals surface area contributed by atoms with Gasteiger partial charge in [-0.1, -0.05) is 30.3 Å². The highest BCUT2D eigenvalue weighted by molar-refractivity contribution is 7.09. The van der Waals surface area contributed by atoms with Gasteiger partial charge in [0.15, 0.2) is 0 Å². The van der Waals surface area contributed by atoms with Crippen molar-refractivity contribution < 1.29 is 0 Å². The van der Waals surface area contributed by atoms with Gasteiger partial charge in [0.2, 0.25) is 5.95 Å². The molecule has 0 atom stereocenters. The molecule has 2 aromatic heterocycles. The summed E-state index contributed by atoms with van der Waals surface area (Å²) in [6.45, 7) is 4.43. The van der Waals surface area contributed by atoms with Crippen LogP contribution >= 0.6 is 11.3 Å². The lowest BCUT2D eigenvalue weighted by atomic mass is 10.2. The first-order chi connectivity index (χ1) is 12.8. The van der Waals surface area contributed by atoms with Crippen molar-refractivity contribution >= 4 is 17.3 Å². The third-order valence-corrected chi connectivity index (χ3v) is 5.23. The highest BCUT2D eigenvalue weighted by atomic mass is 32.1. The maximum Gasteiger partial charge on any atom is 0.226 e. The quantitative estimate of drug-likeness (QED) is 0.711.